The summed E-state index contributed by atoms with van der Waals surface area (Å²) in [6.07, 6.45) is -3.07. The van der Waals surface area contributed by atoms with Crippen molar-refractivity contribution in [3.8, 4) is 11.3 Å². The van der Waals surface area contributed by atoms with E-state index in [9.17, 15) is 18.0 Å². The van der Waals surface area contributed by atoms with Gasteiger partial charge in [0.25, 0.3) is 5.91 Å². The molecule has 0 bridgehead atoms. The van der Waals surface area contributed by atoms with Crippen LogP contribution in [0, 0.1) is 0 Å². The first kappa shape index (κ1) is 21.8. The van der Waals surface area contributed by atoms with E-state index in [1.165, 1.54) is 6.07 Å². The van der Waals surface area contributed by atoms with Crippen LogP contribution in [0.25, 0.3) is 11.3 Å². The fraction of sp³-hybridized carbons (Fsp3) is 0.0417. The lowest BCUT2D eigenvalue weighted by Crippen LogP contribution is -2.15. The number of carbonyl (C=O) groups is 1. The van der Waals surface area contributed by atoms with Crippen molar-refractivity contribution in [3.05, 3.63) is 96.2 Å². The molecule has 6 nitrogen and oxygen atoms in total. The molecule has 0 saturated heterocycles. The summed E-state index contributed by atoms with van der Waals surface area (Å²) in [6.45, 7) is 0. The van der Waals surface area contributed by atoms with Crippen LogP contribution in [0.15, 0.2) is 85.1 Å². The summed E-state index contributed by atoms with van der Waals surface area (Å²) in [5, 5.41) is 13.3. The van der Waals surface area contributed by atoms with Gasteiger partial charge in [-0.3, -0.25) is 4.79 Å². The van der Waals surface area contributed by atoms with Gasteiger partial charge in [0.2, 0.25) is 0 Å². The van der Waals surface area contributed by atoms with Crippen molar-refractivity contribution in [1.82, 2.24) is 10.2 Å². The second-order valence-corrected chi connectivity index (χ2v) is 7.15. The average Bonchev–Trinajstić information content (AvgIpc) is 2.81. The molecule has 3 aromatic carbocycles. The minimum absolute atomic E-state index is 0.114. The zero-order valence-corrected chi connectivity index (χ0v) is 17.1. The number of nitrogens with two attached hydrogens (primary N) is 1. The van der Waals surface area contributed by atoms with Crippen LogP contribution in [0.2, 0.25) is 0 Å². The van der Waals surface area contributed by atoms with Gasteiger partial charge in [0.15, 0.2) is 0 Å². The van der Waals surface area contributed by atoms with Crippen molar-refractivity contribution < 1.29 is 18.0 Å². The number of hydrogen-bond donors (Lipinski definition) is 3. The van der Waals surface area contributed by atoms with Crippen LogP contribution >= 0.6 is 0 Å². The fourth-order valence-corrected chi connectivity index (χ4v) is 3.15. The number of para-hydroxylation sites is 2. The number of anilines is 4. The maximum atomic E-state index is 13.5. The van der Waals surface area contributed by atoms with Gasteiger partial charge in [0.05, 0.1) is 22.6 Å². The summed E-state index contributed by atoms with van der Waals surface area (Å²) in [5.41, 5.74) is 7.46. The van der Waals surface area contributed by atoms with Crippen molar-refractivity contribution in [2.24, 2.45) is 0 Å². The van der Waals surface area contributed by atoms with Crippen molar-refractivity contribution in [2.45, 2.75) is 6.18 Å². The molecule has 1 heterocycles. The number of rotatable bonds is 5. The maximum absolute atomic E-state index is 13.5. The summed E-state index contributed by atoms with van der Waals surface area (Å²) >= 11 is 0. The molecule has 0 aliphatic carbocycles. The highest BCUT2D eigenvalue weighted by Crippen LogP contribution is 2.33. The van der Waals surface area contributed by atoms with E-state index in [2.05, 4.69) is 20.8 Å². The number of nitrogen functional groups attached to an aromatic ring is 1. The Balaban J connectivity index is 1.61. The topological polar surface area (TPSA) is 92.9 Å². The summed E-state index contributed by atoms with van der Waals surface area (Å²) < 4.78 is 40.5. The number of hydrogen-bond acceptors (Lipinski definition) is 5. The van der Waals surface area contributed by atoms with Crippen LogP contribution < -0.4 is 16.4 Å². The predicted molar refractivity (Wildman–Crippen MR) is 121 cm³/mol. The van der Waals surface area contributed by atoms with E-state index in [0.29, 0.717) is 22.8 Å². The number of amides is 1. The highest BCUT2D eigenvalue weighted by molar-refractivity contribution is 6.06. The van der Waals surface area contributed by atoms with E-state index < -0.39 is 17.6 Å². The Kier molecular flexibility index (Phi) is 5.95. The molecule has 4 aromatic rings. The standard InChI is InChI=1S/C24H18F3N5O/c25-24(26,27)17-12-16(23(33)31-22-5-2-1-4-20(22)28)13-19(14-17)30-18-9-7-15(8-10-18)21-6-3-11-29-32-21/h1-14,30H,28H2,(H,31,33). The number of benzene rings is 3. The normalized spacial score (nSPS) is 11.1. The molecule has 1 amide bonds. The molecule has 0 aliphatic heterocycles. The van der Waals surface area contributed by atoms with E-state index in [0.717, 1.165) is 17.7 Å². The molecule has 0 radical (unpaired) electrons. The summed E-state index contributed by atoms with van der Waals surface area (Å²) in [5.74, 6) is -0.708. The second-order valence-electron chi connectivity index (χ2n) is 7.15. The highest BCUT2D eigenvalue weighted by Gasteiger charge is 2.32. The van der Waals surface area contributed by atoms with Crippen LogP contribution in [-0.4, -0.2) is 16.1 Å². The van der Waals surface area contributed by atoms with Gasteiger partial charge in [-0.25, -0.2) is 0 Å². The number of nitrogens with zero attached hydrogens (tertiary/aromatic N) is 2. The third-order valence-electron chi connectivity index (χ3n) is 4.77. The first-order chi connectivity index (χ1) is 15.8. The average molecular weight is 449 g/mol. The van der Waals surface area contributed by atoms with E-state index in [4.69, 9.17) is 5.73 Å². The van der Waals surface area contributed by atoms with Crippen molar-refractivity contribution in [2.75, 3.05) is 16.4 Å². The van der Waals surface area contributed by atoms with Crippen LogP contribution in [0.3, 0.4) is 0 Å². The van der Waals surface area contributed by atoms with Crippen molar-refractivity contribution in [3.63, 3.8) is 0 Å². The molecule has 33 heavy (non-hydrogen) atoms. The number of alkyl halides is 3. The highest BCUT2D eigenvalue weighted by atomic mass is 19.4. The molecule has 9 heteroatoms. The minimum Gasteiger partial charge on any atom is -0.397 e. The van der Waals surface area contributed by atoms with Gasteiger partial charge in [0.1, 0.15) is 0 Å². The van der Waals surface area contributed by atoms with Crippen LogP contribution in [0.1, 0.15) is 15.9 Å². The molecular weight excluding hydrogens is 431 g/mol. The molecule has 4 rings (SSSR count). The molecule has 0 fully saturated rings. The van der Waals surface area contributed by atoms with Crippen molar-refractivity contribution in [1.29, 1.82) is 0 Å². The predicted octanol–water partition coefficient (Wildman–Crippen LogP) is 5.74. The molecule has 0 spiro atoms. The van der Waals surface area contributed by atoms with Gasteiger partial charge in [0, 0.05) is 28.7 Å². The molecular formula is C24H18F3N5O. The molecule has 166 valence electrons. The van der Waals surface area contributed by atoms with Crippen molar-refractivity contribution >= 4 is 28.7 Å². The minimum atomic E-state index is -4.63. The first-order valence-electron chi connectivity index (χ1n) is 9.83. The molecule has 0 aliphatic rings. The largest absolute Gasteiger partial charge is 0.416 e. The SMILES string of the molecule is Nc1ccccc1NC(=O)c1cc(Nc2ccc(-c3cccnn3)cc2)cc(C(F)(F)F)c1. The van der Waals surface area contributed by atoms with Gasteiger partial charge in [-0.2, -0.15) is 23.4 Å². The van der Waals surface area contributed by atoms with Gasteiger partial charge in [-0.1, -0.05) is 24.3 Å². The van der Waals surface area contributed by atoms with Crippen LogP contribution in [0.4, 0.5) is 35.9 Å². The third kappa shape index (κ3) is 5.27. The zero-order chi connectivity index (χ0) is 23.4. The number of nitrogens with one attached hydrogen (secondary N) is 2. The lowest BCUT2D eigenvalue weighted by molar-refractivity contribution is -0.137. The Morgan fingerprint density at radius 1 is 0.879 bits per heavy atom. The van der Waals surface area contributed by atoms with Gasteiger partial charge >= 0.3 is 6.18 Å². The molecule has 0 unspecified atom stereocenters. The molecule has 0 saturated carbocycles. The zero-order valence-electron chi connectivity index (χ0n) is 17.1. The summed E-state index contributed by atoms with van der Waals surface area (Å²) in [6, 6.07) is 20.1. The molecule has 0 atom stereocenters. The van der Waals surface area contributed by atoms with Gasteiger partial charge < -0.3 is 16.4 Å². The van der Waals surface area contributed by atoms with Gasteiger partial charge in [-0.15, -0.1) is 0 Å². The monoisotopic (exact) mass is 449 g/mol. The lowest BCUT2D eigenvalue weighted by atomic mass is 10.1. The fourth-order valence-electron chi connectivity index (χ4n) is 3.15. The first-order valence-corrected chi connectivity index (χ1v) is 9.83. The second kappa shape index (κ2) is 8.99. The maximum Gasteiger partial charge on any atom is 0.416 e. The smallest absolute Gasteiger partial charge is 0.397 e. The molecule has 4 N–H and O–H groups in total. The summed E-state index contributed by atoms with van der Waals surface area (Å²) in [4.78, 5) is 12.7. The lowest BCUT2D eigenvalue weighted by Gasteiger charge is -2.14. The Bertz CT molecular complexity index is 1280. The Hall–Kier alpha value is -4.40. The Labute approximate surface area is 187 Å². The van der Waals surface area contributed by atoms with Gasteiger partial charge in [-0.05, 0) is 54.6 Å². The number of aromatic nitrogens is 2. The Morgan fingerprint density at radius 2 is 1.64 bits per heavy atom. The summed E-state index contributed by atoms with van der Waals surface area (Å²) in [7, 11) is 0. The van der Waals surface area contributed by atoms with Crippen LogP contribution in [-0.2, 0) is 6.18 Å². The van der Waals surface area contributed by atoms with E-state index in [1.54, 1.807) is 66.9 Å². The number of carbonyl (C=O) groups excluding carboxylic acids is 1. The third-order valence-corrected chi connectivity index (χ3v) is 4.77. The van der Waals surface area contributed by atoms with E-state index >= 15 is 0 Å². The van der Waals surface area contributed by atoms with Crippen LogP contribution in [0.5, 0.6) is 0 Å². The van der Waals surface area contributed by atoms with E-state index in [-0.39, 0.29) is 11.3 Å². The molecule has 1 aromatic heterocycles. The number of halogens is 3. The van der Waals surface area contributed by atoms with E-state index in [1.807, 2.05) is 0 Å². The Morgan fingerprint density at radius 3 is 2.30 bits per heavy atom. The quantitative estimate of drug-likeness (QED) is 0.338.